The first-order valence-corrected chi connectivity index (χ1v) is 15.4. The second kappa shape index (κ2) is 12.1. The van der Waals surface area contributed by atoms with E-state index in [2.05, 4.69) is 10.0 Å². The summed E-state index contributed by atoms with van der Waals surface area (Å²) in [6.07, 6.45) is 0. The van der Waals surface area contributed by atoms with Crippen molar-refractivity contribution in [1.82, 2.24) is 4.90 Å². The zero-order chi connectivity index (χ0) is 29.0. The van der Waals surface area contributed by atoms with Crippen LogP contribution in [0.3, 0.4) is 0 Å². The molecule has 1 atom stereocenters. The number of rotatable bonds is 9. The van der Waals surface area contributed by atoms with Gasteiger partial charge in [-0.15, -0.1) is 11.8 Å². The van der Waals surface area contributed by atoms with Crippen molar-refractivity contribution >= 4 is 45.0 Å². The second-order valence-electron chi connectivity index (χ2n) is 9.58. The third-order valence-electron chi connectivity index (χ3n) is 6.64. The number of hydrogen-bond acceptors (Lipinski definition) is 6. The Hall–Kier alpha value is -4.28. The summed E-state index contributed by atoms with van der Waals surface area (Å²) < 4.78 is 33.7. The maximum Gasteiger partial charge on any atom is 0.262 e. The number of sulfonamides is 1. The quantitative estimate of drug-likeness (QED) is 0.255. The molecule has 0 radical (unpaired) electrons. The van der Waals surface area contributed by atoms with Gasteiger partial charge >= 0.3 is 0 Å². The van der Waals surface area contributed by atoms with Crippen molar-refractivity contribution in [3.63, 3.8) is 0 Å². The first-order valence-electron chi connectivity index (χ1n) is 12.9. The molecule has 8 nitrogen and oxygen atoms in total. The third kappa shape index (κ3) is 6.55. The van der Waals surface area contributed by atoms with E-state index in [0.717, 1.165) is 16.7 Å². The number of nitrogens with zero attached hydrogens (tertiary/aromatic N) is 1. The van der Waals surface area contributed by atoms with Crippen molar-refractivity contribution in [3.8, 4) is 5.75 Å². The summed E-state index contributed by atoms with van der Waals surface area (Å²) in [5, 5.41) is 2.68. The summed E-state index contributed by atoms with van der Waals surface area (Å²) in [4.78, 5) is 27.4. The minimum Gasteiger partial charge on any atom is -0.495 e. The van der Waals surface area contributed by atoms with Crippen LogP contribution in [0.5, 0.6) is 5.75 Å². The van der Waals surface area contributed by atoms with E-state index in [-0.39, 0.29) is 22.1 Å². The van der Waals surface area contributed by atoms with Crippen molar-refractivity contribution in [3.05, 3.63) is 119 Å². The SMILES string of the molecule is COc1ccc(C)cc1NS(=O)(=O)c1ccc(NC(=O)c2ccc(C3SCC(=O)N3Cc3ccccc3)cc2)cc1. The van der Waals surface area contributed by atoms with Crippen LogP contribution in [0.15, 0.2) is 102 Å². The molecule has 2 amide bonds. The Bertz CT molecular complexity index is 1660. The molecule has 10 heteroatoms. The smallest absolute Gasteiger partial charge is 0.262 e. The Kier molecular flexibility index (Phi) is 8.32. The average molecular weight is 588 g/mol. The van der Waals surface area contributed by atoms with Gasteiger partial charge in [-0.05, 0) is 72.1 Å². The molecule has 1 saturated heterocycles. The number of hydrogen-bond donors (Lipinski definition) is 2. The molecule has 1 aliphatic heterocycles. The standard InChI is InChI=1S/C31H29N3O5S2/c1-21-8-17-28(39-2)27(18-21)33-41(37,38)26-15-13-25(14-16-26)32-30(36)23-9-11-24(12-10-23)31-34(29(35)20-40-31)19-22-6-4-3-5-7-22/h3-18,31,33H,19-20H2,1-2H3,(H,32,36). The molecule has 0 aromatic heterocycles. The van der Waals surface area contributed by atoms with Gasteiger partial charge in [0.25, 0.3) is 15.9 Å². The highest BCUT2D eigenvalue weighted by Crippen LogP contribution is 2.39. The molecular formula is C31H29N3O5S2. The number of ether oxygens (including phenoxy) is 1. The lowest BCUT2D eigenvalue weighted by Gasteiger charge is -2.24. The van der Waals surface area contributed by atoms with Crippen LogP contribution in [0.1, 0.15) is 32.4 Å². The molecule has 0 spiro atoms. The van der Waals surface area contributed by atoms with Gasteiger partial charge in [0.1, 0.15) is 11.1 Å². The van der Waals surface area contributed by atoms with Gasteiger partial charge < -0.3 is 15.0 Å². The number of carbonyl (C=O) groups is 2. The number of thioether (sulfide) groups is 1. The highest BCUT2D eigenvalue weighted by molar-refractivity contribution is 8.00. The lowest BCUT2D eigenvalue weighted by atomic mass is 10.1. The minimum absolute atomic E-state index is 0.0482. The van der Waals surface area contributed by atoms with Crippen LogP contribution >= 0.6 is 11.8 Å². The van der Waals surface area contributed by atoms with E-state index in [1.165, 1.54) is 31.4 Å². The second-order valence-corrected chi connectivity index (χ2v) is 12.3. The molecule has 1 heterocycles. The number of anilines is 2. The molecule has 0 aliphatic carbocycles. The van der Waals surface area contributed by atoms with Crippen molar-refractivity contribution in [2.45, 2.75) is 23.7 Å². The van der Waals surface area contributed by atoms with Gasteiger partial charge in [-0.3, -0.25) is 14.3 Å². The highest BCUT2D eigenvalue weighted by Gasteiger charge is 2.32. The zero-order valence-electron chi connectivity index (χ0n) is 22.5. The fourth-order valence-corrected chi connectivity index (χ4v) is 6.76. The van der Waals surface area contributed by atoms with E-state index in [1.54, 1.807) is 36.0 Å². The number of carbonyl (C=O) groups excluding carboxylic acids is 2. The van der Waals surface area contributed by atoms with Gasteiger partial charge in [0.05, 0.1) is 23.4 Å². The monoisotopic (exact) mass is 587 g/mol. The first kappa shape index (κ1) is 28.3. The van der Waals surface area contributed by atoms with Gasteiger partial charge in [-0.2, -0.15) is 0 Å². The van der Waals surface area contributed by atoms with Crippen LogP contribution in [-0.2, 0) is 21.4 Å². The first-order chi connectivity index (χ1) is 19.7. The Morgan fingerprint density at radius 2 is 1.68 bits per heavy atom. The van der Waals surface area contributed by atoms with Crippen LogP contribution < -0.4 is 14.8 Å². The molecule has 210 valence electrons. The molecule has 4 aromatic carbocycles. The Morgan fingerprint density at radius 1 is 0.976 bits per heavy atom. The maximum atomic E-state index is 12.9. The molecule has 0 bridgehead atoms. The fourth-order valence-electron chi connectivity index (χ4n) is 4.51. The van der Waals surface area contributed by atoms with Gasteiger partial charge in [0, 0.05) is 17.8 Å². The Labute approximate surface area is 243 Å². The third-order valence-corrected chi connectivity index (χ3v) is 9.28. The lowest BCUT2D eigenvalue weighted by Crippen LogP contribution is -2.27. The normalized spacial score (nSPS) is 15.0. The summed E-state index contributed by atoms with van der Waals surface area (Å²) in [7, 11) is -2.40. The van der Waals surface area contributed by atoms with E-state index in [0.29, 0.717) is 35.0 Å². The van der Waals surface area contributed by atoms with E-state index in [4.69, 9.17) is 4.74 Å². The molecular weight excluding hydrogens is 558 g/mol. The molecule has 1 unspecified atom stereocenters. The van der Waals surface area contributed by atoms with Gasteiger partial charge in [-0.25, -0.2) is 8.42 Å². The van der Waals surface area contributed by atoms with Gasteiger partial charge in [0.15, 0.2) is 0 Å². The van der Waals surface area contributed by atoms with E-state index in [9.17, 15) is 18.0 Å². The zero-order valence-corrected chi connectivity index (χ0v) is 24.2. The van der Waals surface area contributed by atoms with Crippen LogP contribution in [0.2, 0.25) is 0 Å². The lowest BCUT2D eigenvalue weighted by molar-refractivity contribution is -0.128. The Balaban J connectivity index is 1.24. The van der Waals surface area contributed by atoms with E-state index in [1.807, 2.05) is 60.4 Å². The summed E-state index contributed by atoms with van der Waals surface area (Å²) >= 11 is 1.57. The number of methoxy groups -OCH3 is 1. The summed E-state index contributed by atoms with van der Waals surface area (Å²) in [6, 6.07) is 28.2. The summed E-state index contributed by atoms with van der Waals surface area (Å²) in [5.41, 5.74) is 4.14. The topological polar surface area (TPSA) is 105 Å². The number of aryl methyl sites for hydroxylation is 1. The Morgan fingerprint density at radius 3 is 2.37 bits per heavy atom. The molecule has 1 fully saturated rings. The van der Waals surface area contributed by atoms with Crippen molar-refractivity contribution < 1.29 is 22.7 Å². The fraction of sp³-hybridized carbons (Fsp3) is 0.161. The minimum atomic E-state index is -3.87. The summed E-state index contributed by atoms with van der Waals surface area (Å²) in [5.74, 6) is 0.589. The predicted molar refractivity (Wildman–Crippen MR) is 162 cm³/mol. The van der Waals surface area contributed by atoms with Gasteiger partial charge in [0.2, 0.25) is 5.91 Å². The van der Waals surface area contributed by atoms with E-state index < -0.39 is 10.0 Å². The number of nitrogens with one attached hydrogen (secondary N) is 2. The van der Waals surface area contributed by atoms with Crippen LogP contribution in [-0.4, -0.2) is 38.0 Å². The number of benzene rings is 4. The van der Waals surface area contributed by atoms with Crippen molar-refractivity contribution in [1.29, 1.82) is 0 Å². The predicted octanol–water partition coefficient (Wildman–Crippen LogP) is 5.83. The molecule has 5 rings (SSSR count). The molecule has 41 heavy (non-hydrogen) atoms. The van der Waals surface area contributed by atoms with Gasteiger partial charge in [-0.1, -0.05) is 48.5 Å². The van der Waals surface area contributed by atoms with Crippen LogP contribution in [0, 0.1) is 6.92 Å². The molecule has 1 aliphatic rings. The highest BCUT2D eigenvalue weighted by atomic mass is 32.2. The molecule has 4 aromatic rings. The van der Waals surface area contributed by atoms with Crippen molar-refractivity contribution in [2.24, 2.45) is 0 Å². The molecule has 0 saturated carbocycles. The molecule has 2 N–H and O–H groups in total. The van der Waals surface area contributed by atoms with Crippen LogP contribution in [0.25, 0.3) is 0 Å². The largest absolute Gasteiger partial charge is 0.495 e. The van der Waals surface area contributed by atoms with Crippen LogP contribution in [0.4, 0.5) is 11.4 Å². The maximum absolute atomic E-state index is 12.9. The van der Waals surface area contributed by atoms with E-state index >= 15 is 0 Å². The number of amides is 2. The summed E-state index contributed by atoms with van der Waals surface area (Å²) in [6.45, 7) is 2.39. The average Bonchev–Trinajstić information content (AvgIpc) is 3.33. The van der Waals surface area contributed by atoms with Crippen molar-refractivity contribution in [2.75, 3.05) is 22.9 Å².